The fourth-order valence-electron chi connectivity index (χ4n) is 2.10. The second-order valence-corrected chi connectivity index (χ2v) is 5.17. The van der Waals surface area contributed by atoms with Gasteiger partial charge in [-0.15, -0.1) is 0 Å². The maximum Gasteiger partial charge on any atom is 0.272 e. The van der Waals surface area contributed by atoms with Crippen molar-refractivity contribution in [2.75, 3.05) is 12.4 Å². The fraction of sp³-hybridized carbons (Fsp3) is 0.250. The molecular formula is C16H17NO3S. The van der Waals surface area contributed by atoms with Crippen molar-refractivity contribution in [3.63, 3.8) is 0 Å². The minimum Gasteiger partial charge on any atom is -0.493 e. The summed E-state index contributed by atoms with van der Waals surface area (Å²) in [6.07, 6.45) is 0. The van der Waals surface area contributed by atoms with E-state index in [1.807, 2.05) is 30.3 Å². The highest BCUT2D eigenvalue weighted by atomic mass is 32.1. The summed E-state index contributed by atoms with van der Waals surface area (Å²) in [5, 5.41) is 10.8. The van der Waals surface area contributed by atoms with Gasteiger partial charge in [0.2, 0.25) is 0 Å². The molecule has 0 heterocycles. The van der Waals surface area contributed by atoms with E-state index in [0.717, 1.165) is 0 Å². The van der Waals surface area contributed by atoms with Crippen LogP contribution in [0.15, 0.2) is 48.5 Å². The Labute approximate surface area is 129 Å². The Morgan fingerprint density at radius 2 is 1.95 bits per heavy atom. The van der Waals surface area contributed by atoms with Crippen molar-refractivity contribution in [3.05, 3.63) is 69.8 Å². The molecular weight excluding hydrogens is 286 g/mol. The number of aryl methyl sites for hydroxylation is 1. The summed E-state index contributed by atoms with van der Waals surface area (Å²) in [6, 6.07) is 14.8. The van der Waals surface area contributed by atoms with Gasteiger partial charge in [0.05, 0.1) is 11.5 Å². The van der Waals surface area contributed by atoms with Crippen molar-refractivity contribution in [1.82, 2.24) is 0 Å². The maximum atomic E-state index is 10.8. The predicted molar refractivity (Wildman–Crippen MR) is 86.4 cm³/mol. The second kappa shape index (κ2) is 7.13. The average Bonchev–Trinajstić information content (AvgIpc) is 2.48. The summed E-state index contributed by atoms with van der Waals surface area (Å²) in [6.45, 7) is 2.20. The second-order valence-electron chi connectivity index (χ2n) is 4.81. The lowest BCUT2D eigenvalue weighted by molar-refractivity contribution is -0.385. The molecule has 0 N–H and O–H groups in total. The van der Waals surface area contributed by atoms with E-state index >= 15 is 0 Å². The number of nitro groups is 1. The van der Waals surface area contributed by atoms with Gasteiger partial charge in [-0.1, -0.05) is 30.3 Å². The molecule has 5 heteroatoms. The molecule has 0 aliphatic heterocycles. The summed E-state index contributed by atoms with van der Waals surface area (Å²) < 4.78 is 5.76. The van der Waals surface area contributed by atoms with E-state index < -0.39 is 0 Å². The number of thiol groups is 1. The highest BCUT2D eigenvalue weighted by Crippen LogP contribution is 2.25. The average molecular weight is 303 g/mol. The van der Waals surface area contributed by atoms with Crippen molar-refractivity contribution >= 4 is 18.3 Å². The lowest BCUT2D eigenvalue weighted by Gasteiger charge is -2.16. The molecule has 0 bridgehead atoms. The van der Waals surface area contributed by atoms with Crippen LogP contribution in [0.2, 0.25) is 0 Å². The number of rotatable bonds is 6. The van der Waals surface area contributed by atoms with Gasteiger partial charge in [0.25, 0.3) is 5.69 Å². The molecule has 2 aromatic rings. The minimum absolute atomic E-state index is 0.108. The third-order valence-corrected chi connectivity index (χ3v) is 3.75. The third kappa shape index (κ3) is 3.98. The Hall–Kier alpha value is -2.01. The van der Waals surface area contributed by atoms with Gasteiger partial charge in [-0.3, -0.25) is 10.1 Å². The van der Waals surface area contributed by atoms with Crippen molar-refractivity contribution in [3.8, 4) is 5.75 Å². The molecule has 0 spiro atoms. The molecule has 110 valence electrons. The molecule has 0 saturated heterocycles. The Kier molecular flexibility index (Phi) is 5.22. The number of nitrogens with zero attached hydrogens (tertiary/aromatic N) is 1. The Morgan fingerprint density at radius 3 is 2.52 bits per heavy atom. The Morgan fingerprint density at radius 1 is 1.24 bits per heavy atom. The lowest BCUT2D eigenvalue weighted by atomic mass is 10.0. The third-order valence-electron chi connectivity index (χ3n) is 3.31. The summed E-state index contributed by atoms with van der Waals surface area (Å²) in [4.78, 5) is 10.4. The molecule has 2 rings (SSSR count). The fourth-order valence-corrected chi connectivity index (χ4v) is 2.42. The van der Waals surface area contributed by atoms with Crippen LogP contribution in [0.1, 0.15) is 17.0 Å². The molecule has 0 aromatic heterocycles. The molecule has 0 radical (unpaired) electrons. The quantitative estimate of drug-likeness (QED) is 0.498. The van der Waals surface area contributed by atoms with Crippen LogP contribution in [0.4, 0.5) is 5.69 Å². The van der Waals surface area contributed by atoms with Gasteiger partial charge in [0, 0.05) is 23.3 Å². The largest absolute Gasteiger partial charge is 0.493 e. The minimum atomic E-state index is -0.389. The van der Waals surface area contributed by atoms with Crippen molar-refractivity contribution < 1.29 is 9.66 Å². The number of hydrogen-bond acceptors (Lipinski definition) is 4. The SMILES string of the molecule is Cc1cc(OCC(CS)c2ccccc2)ccc1[N+](=O)[O-]. The number of benzene rings is 2. The van der Waals surface area contributed by atoms with E-state index in [0.29, 0.717) is 23.7 Å². The molecule has 4 nitrogen and oxygen atoms in total. The monoisotopic (exact) mass is 303 g/mol. The summed E-state index contributed by atoms with van der Waals surface area (Å²) >= 11 is 4.37. The van der Waals surface area contributed by atoms with Crippen LogP contribution in [0.25, 0.3) is 0 Å². The molecule has 0 aliphatic rings. The van der Waals surface area contributed by atoms with Crippen molar-refractivity contribution in [2.45, 2.75) is 12.8 Å². The van der Waals surface area contributed by atoms with Crippen LogP contribution in [-0.4, -0.2) is 17.3 Å². The lowest BCUT2D eigenvalue weighted by Crippen LogP contribution is -2.12. The molecule has 2 aromatic carbocycles. The topological polar surface area (TPSA) is 52.4 Å². The first-order valence-corrected chi connectivity index (χ1v) is 7.28. The maximum absolute atomic E-state index is 10.8. The number of ether oxygens (including phenoxy) is 1. The van der Waals surface area contributed by atoms with E-state index in [9.17, 15) is 10.1 Å². The van der Waals surface area contributed by atoms with E-state index in [-0.39, 0.29) is 16.5 Å². The van der Waals surface area contributed by atoms with E-state index in [4.69, 9.17) is 4.74 Å². The Bertz CT molecular complexity index is 616. The highest BCUT2D eigenvalue weighted by Gasteiger charge is 2.13. The van der Waals surface area contributed by atoms with Gasteiger partial charge in [-0.05, 0) is 24.6 Å². The number of hydrogen-bond donors (Lipinski definition) is 1. The van der Waals surface area contributed by atoms with Crippen molar-refractivity contribution in [1.29, 1.82) is 0 Å². The summed E-state index contributed by atoms with van der Waals surface area (Å²) in [5.74, 6) is 1.50. The molecule has 0 amide bonds. The standard InChI is InChI=1S/C16H17NO3S/c1-12-9-15(7-8-16(12)17(18)19)20-10-14(11-21)13-5-3-2-4-6-13/h2-9,14,21H,10-11H2,1H3. The first kappa shape index (κ1) is 15.4. The van der Waals surface area contributed by atoms with Gasteiger partial charge in [0.1, 0.15) is 5.75 Å². The first-order valence-electron chi connectivity index (χ1n) is 6.65. The van der Waals surface area contributed by atoms with Crippen molar-refractivity contribution in [2.24, 2.45) is 0 Å². The summed E-state index contributed by atoms with van der Waals surface area (Å²) in [5.41, 5.74) is 1.88. The zero-order chi connectivity index (χ0) is 15.2. The van der Waals surface area contributed by atoms with Gasteiger partial charge in [-0.25, -0.2) is 0 Å². The molecule has 21 heavy (non-hydrogen) atoms. The molecule has 0 fully saturated rings. The summed E-state index contributed by atoms with van der Waals surface area (Å²) in [7, 11) is 0. The van der Waals surface area contributed by atoms with Gasteiger partial charge < -0.3 is 4.74 Å². The smallest absolute Gasteiger partial charge is 0.272 e. The van der Waals surface area contributed by atoms with E-state index in [1.54, 1.807) is 19.1 Å². The predicted octanol–water partition coefficient (Wildman–Crippen LogP) is 4.00. The van der Waals surface area contributed by atoms with Crippen LogP contribution >= 0.6 is 12.6 Å². The molecule has 0 saturated carbocycles. The molecule has 0 aliphatic carbocycles. The highest BCUT2D eigenvalue weighted by molar-refractivity contribution is 7.80. The van der Waals surface area contributed by atoms with Gasteiger partial charge in [-0.2, -0.15) is 12.6 Å². The molecule has 1 atom stereocenters. The zero-order valence-electron chi connectivity index (χ0n) is 11.7. The van der Waals surface area contributed by atoms with Crippen LogP contribution in [0.3, 0.4) is 0 Å². The van der Waals surface area contributed by atoms with E-state index in [1.165, 1.54) is 11.6 Å². The van der Waals surface area contributed by atoms with Crippen LogP contribution in [-0.2, 0) is 0 Å². The van der Waals surface area contributed by atoms with Gasteiger partial charge in [0.15, 0.2) is 0 Å². The first-order chi connectivity index (χ1) is 10.1. The van der Waals surface area contributed by atoms with Gasteiger partial charge >= 0.3 is 0 Å². The van der Waals surface area contributed by atoms with Crippen LogP contribution in [0, 0.1) is 17.0 Å². The zero-order valence-corrected chi connectivity index (χ0v) is 12.6. The number of nitro benzene ring substituents is 1. The van der Waals surface area contributed by atoms with E-state index in [2.05, 4.69) is 12.6 Å². The molecule has 1 unspecified atom stereocenters. The van der Waals surface area contributed by atoms with Crippen LogP contribution in [0.5, 0.6) is 5.75 Å². The Balaban J connectivity index is 2.05. The van der Waals surface area contributed by atoms with Crippen LogP contribution < -0.4 is 4.74 Å². The normalized spacial score (nSPS) is 11.9.